The Morgan fingerprint density at radius 2 is 1.38 bits per heavy atom. The maximum absolute atomic E-state index is 13.8. The molecule has 0 unspecified atom stereocenters. The van der Waals surface area contributed by atoms with E-state index >= 15 is 0 Å². The second-order valence-corrected chi connectivity index (χ2v) is 7.94. The first kappa shape index (κ1) is 18.6. The molecule has 1 N–H and O–H groups in total. The van der Waals surface area contributed by atoms with Gasteiger partial charge in [-0.05, 0) is 42.0 Å². The van der Waals surface area contributed by atoms with Gasteiger partial charge < -0.3 is 0 Å². The van der Waals surface area contributed by atoms with Crippen molar-refractivity contribution in [3.05, 3.63) is 82.3 Å². The van der Waals surface area contributed by atoms with Gasteiger partial charge in [0.25, 0.3) is 10.0 Å². The van der Waals surface area contributed by atoms with Gasteiger partial charge in [0.05, 0.1) is 10.6 Å². The molecule has 3 rings (SSSR count). The molecule has 0 saturated heterocycles. The van der Waals surface area contributed by atoms with Crippen molar-refractivity contribution in [2.75, 3.05) is 4.72 Å². The van der Waals surface area contributed by atoms with Gasteiger partial charge in [-0.2, -0.15) is 0 Å². The number of hydrogen-bond donors (Lipinski definition) is 1. The van der Waals surface area contributed by atoms with Crippen molar-refractivity contribution in [3.63, 3.8) is 0 Å². The smallest absolute Gasteiger partial charge is 0.261 e. The Bertz CT molecular complexity index is 1050. The van der Waals surface area contributed by atoms with Gasteiger partial charge in [-0.15, -0.1) is 0 Å². The lowest BCUT2D eigenvalue weighted by Crippen LogP contribution is -2.14. The van der Waals surface area contributed by atoms with E-state index in [0.717, 1.165) is 12.1 Å². The first-order valence-corrected chi connectivity index (χ1v) is 9.53. The third-order valence-corrected chi connectivity index (χ3v) is 5.35. The molecule has 3 aromatic rings. The first-order chi connectivity index (χ1) is 12.3. The van der Waals surface area contributed by atoms with E-state index in [1.54, 1.807) is 18.2 Å². The Balaban J connectivity index is 2.14. The molecular weight excluding hydrogens is 403 g/mol. The molecule has 3 aromatic carbocycles. The minimum Gasteiger partial charge on any atom is -0.279 e. The Kier molecular flexibility index (Phi) is 5.18. The summed E-state index contributed by atoms with van der Waals surface area (Å²) in [5.74, 6) is -2.31. The highest BCUT2D eigenvalue weighted by molar-refractivity contribution is 7.92. The van der Waals surface area contributed by atoms with Gasteiger partial charge in [0, 0.05) is 21.7 Å². The molecule has 0 spiro atoms. The van der Waals surface area contributed by atoms with Crippen LogP contribution in [0.4, 0.5) is 14.5 Å². The summed E-state index contributed by atoms with van der Waals surface area (Å²) < 4.78 is 54.9. The van der Waals surface area contributed by atoms with E-state index in [-0.39, 0.29) is 26.2 Å². The molecule has 8 heteroatoms. The lowest BCUT2D eigenvalue weighted by molar-refractivity contribution is 0.509. The minimum absolute atomic E-state index is 0.0141. The van der Waals surface area contributed by atoms with Crippen LogP contribution in [-0.2, 0) is 10.0 Å². The average Bonchev–Trinajstić information content (AvgIpc) is 2.57. The fraction of sp³-hybridized carbons (Fsp3) is 0. The molecule has 0 saturated carbocycles. The molecule has 0 aliphatic carbocycles. The Hall–Kier alpha value is -2.15. The lowest BCUT2D eigenvalue weighted by atomic mass is 10.0. The molecule has 0 aliphatic rings. The number of halogens is 4. The summed E-state index contributed by atoms with van der Waals surface area (Å²) in [6, 6.07) is 13.6. The zero-order valence-corrected chi connectivity index (χ0v) is 15.3. The standard InChI is InChI=1S/C18H11Cl2F2NO2S/c19-12-6-11(7-13(20)8-12)15-9-16(21)17(22)10-18(15)23-26(24,25)14-4-2-1-3-5-14/h1-10,23H. The fourth-order valence-electron chi connectivity index (χ4n) is 2.38. The van der Waals surface area contributed by atoms with Crippen LogP contribution in [0.15, 0.2) is 65.6 Å². The van der Waals surface area contributed by atoms with Crippen LogP contribution in [0, 0.1) is 11.6 Å². The van der Waals surface area contributed by atoms with Crippen molar-refractivity contribution in [1.29, 1.82) is 0 Å². The van der Waals surface area contributed by atoms with Gasteiger partial charge in [0.1, 0.15) is 0 Å². The van der Waals surface area contributed by atoms with Crippen LogP contribution in [0.5, 0.6) is 0 Å². The number of nitrogens with one attached hydrogen (secondary N) is 1. The highest BCUT2D eigenvalue weighted by Crippen LogP contribution is 2.35. The maximum atomic E-state index is 13.8. The van der Waals surface area contributed by atoms with Crippen molar-refractivity contribution >= 4 is 38.9 Å². The molecule has 0 aromatic heterocycles. The summed E-state index contributed by atoms with van der Waals surface area (Å²) in [4.78, 5) is -0.0141. The molecule has 0 heterocycles. The molecule has 0 fully saturated rings. The van der Waals surface area contributed by atoms with Gasteiger partial charge in [0.15, 0.2) is 11.6 Å². The highest BCUT2D eigenvalue weighted by Gasteiger charge is 2.19. The van der Waals surface area contributed by atoms with Crippen LogP contribution in [-0.4, -0.2) is 8.42 Å². The van der Waals surface area contributed by atoms with Gasteiger partial charge in [-0.25, -0.2) is 17.2 Å². The lowest BCUT2D eigenvalue weighted by Gasteiger charge is -2.14. The van der Waals surface area contributed by atoms with E-state index in [4.69, 9.17) is 23.2 Å². The van der Waals surface area contributed by atoms with Crippen molar-refractivity contribution in [1.82, 2.24) is 0 Å². The van der Waals surface area contributed by atoms with Gasteiger partial charge >= 0.3 is 0 Å². The monoisotopic (exact) mass is 413 g/mol. The second kappa shape index (κ2) is 7.23. The normalized spacial score (nSPS) is 11.4. The summed E-state index contributed by atoms with van der Waals surface area (Å²) in [5, 5.41) is 0.545. The van der Waals surface area contributed by atoms with Crippen LogP contribution in [0.2, 0.25) is 10.0 Å². The number of rotatable bonds is 4. The number of benzene rings is 3. The zero-order chi connectivity index (χ0) is 18.9. The number of anilines is 1. The first-order valence-electron chi connectivity index (χ1n) is 7.29. The molecule has 0 radical (unpaired) electrons. The summed E-state index contributed by atoms with van der Waals surface area (Å²) in [7, 11) is -4.00. The van der Waals surface area contributed by atoms with E-state index in [1.165, 1.54) is 30.3 Å². The van der Waals surface area contributed by atoms with Crippen molar-refractivity contribution in [2.24, 2.45) is 0 Å². The fourth-order valence-corrected chi connectivity index (χ4v) is 4.00. The third-order valence-electron chi connectivity index (χ3n) is 3.53. The predicted octanol–water partition coefficient (Wildman–Crippen LogP) is 5.74. The minimum atomic E-state index is -4.00. The van der Waals surface area contributed by atoms with Crippen LogP contribution < -0.4 is 4.72 Å². The number of sulfonamides is 1. The van der Waals surface area contributed by atoms with Crippen molar-refractivity contribution in [2.45, 2.75) is 4.90 Å². The Labute approximate surface area is 159 Å². The van der Waals surface area contributed by atoms with Crippen molar-refractivity contribution < 1.29 is 17.2 Å². The maximum Gasteiger partial charge on any atom is 0.261 e. The van der Waals surface area contributed by atoms with Crippen molar-refractivity contribution in [3.8, 4) is 11.1 Å². The summed E-state index contributed by atoms with van der Waals surface area (Å²) in [6.07, 6.45) is 0. The van der Waals surface area contributed by atoms with Gasteiger partial charge in [-0.1, -0.05) is 41.4 Å². The third kappa shape index (κ3) is 3.98. The topological polar surface area (TPSA) is 46.2 Å². The Morgan fingerprint density at radius 3 is 2.00 bits per heavy atom. The number of hydrogen-bond acceptors (Lipinski definition) is 2. The molecule has 134 valence electrons. The average molecular weight is 414 g/mol. The van der Waals surface area contributed by atoms with Crippen LogP contribution in [0.25, 0.3) is 11.1 Å². The van der Waals surface area contributed by atoms with Gasteiger partial charge in [-0.3, -0.25) is 4.72 Å². The van der Waals surface area contributed by atoms with E-state index in [9.17, 15) is 17.2 Å². The van der Waals surface area contributed by atoms with Crippen LogP contribution >= 0.6 is 23.2 Å². The molecule has 0 bridgehead atoms. The second-order valence-electron chi connectivity index (χ2n) is 5.39. The quantitative estimate of drug-likeness (QED) is 0.592. The molecular formula is C18H11Cl2F2NO2S. The summed E-state index contributed by atoms with van der Waals surface area (Å²) in [6.45, 7) is 0. The van der Waals surface area contributed by atoms with E-state index < -0.39 is 21.7 Å². The molecule has 3 nitrogen and oxygen atoms in total. The Morgan fingerprint density at radius 1 is 0.808 bits per heavy atom. The SMILES string of the molecule is O=S(=O)(Nc1cc(F)c(F)cc1-c1cc(Cl)cc(Cl)c1)c1ccccc1. The predicted molar refractivity (Wildman–Crippen MR) is 99.1 cm³/mol. The molecule has 0 aliphatic heterocycles. The largest absolute Gasteiger partial charge is 0.279 e. The van der Waals surface area contributed by atoms with E-state index in [2.05, 4.69) is 4.72 Å². The summed E-state index contributed by atoms with van der Waals surface area (Å²) in [5.41, 5.74) is 0.311. The van der Waals surface area contributed by atoms with Gasteiger partial charge in [0.2, 0.25) is 0 Å². The van der Waals surface area contributed by atoms with Crippen LogP contribution in [0.1, 0.15) is 0 Å². The molecule has 0 amide bonds. The van der Waals surface area contributed by atoms with E-state index in [0.29, 0.717) is 5.56 Å². The molecule has 26 heavy (non-hydrogen) atoms. The highest BCUT2D eigenvalue weighted by atomic mass is 35.5. The molecule has 0 atom stereocenters. The van der Waals surface area contributed by atoms with E-state index in [1.807, 2.05) is 0 Å². The summed E-state index contributed by atoms with van der Waals surface area (Å²) >= 11 is 11.9. The van der Waals surface area contributed by atoms with Crippen LogP contribution in [0.3, 0.4) is 0 Å². The zero-order valence-electron chi connectivity index (χ0n) is 13.0.